The van der Waals surface area contributed by atoms with Gasteiger partial charge in [0.15, 0.2) is 5.58 Å². The summed E-state index contributed by atoms with van der Waals surface area (Å²) in [6.07, 6.45) is 2.09. The molecule has 2 heterocycles. The standard InChI is InChI=1S/C18H23N3O2S/c1-5-19-18-20-14-8-6-12(10-16(14)23-18)17(24-4)15-9-7-13(22-15)11-21(2)3/h6-10,17H,5,11H2,1-4H3,(H,19,20). The molecule has 1 unspecified atom stereocenters. The molecule has 3 rings (SSSR count). The zero-order chi connectivity index (χ0) is 17.1. The molecule has 0 aliphatic rings. The Morgan fingerprint density at radius 1 is 1.21 bits per heavy atom. The van der Waals surface area contributed by atoms with Crippen molar-refractivity contribution in [3.05, 3.63) is 47.4 Å². The quantitative estimate of drug-likeness (QED) is 0.686. The molecule has 0 saturated heterocycles. The van der Waals surface area contributed by atoms with E-state index in [9.17, 15) is 0 Å². The van der Waals surface area contributed by atoms with Crippen LogP contribution in [0.2, 0.25) is 0 Å². The van der Waals surface area contributed by atoms with Gasteiger partial charge in [0, 0.05) is 6.54 Å². The molecule has 0 saturated carbocycles. The van der Waals surface area contributed by atoms with Crippen LogP contribution < -0.4 is 5.32 Å². The molecule has 0 spiro atoms. The number of nitrogens with zero attached hydrogens (tertiary/aromatic N) is 2. The molecule has 0 aliphatic carbocycles. The highest BCUT2D eigenvalue weighted by Gasteiger charge is 2.19. The predicted molar refractivity (Wildman–Crippen MR) is 99.6 cm³/mol. The van der Waals surface area contributed by atoms with E-state index < -0.39 is 0 Å². The Hall–Kier alpha value is -1.92. The first kappa shape index (κ1) is 16.9. The van der Waals surface area contributed by atoms with E-state index in [1.807, 2.05) is 27.1 Å². The van der Waals surface area contributed by atoms with Gasteiger partial charge in [-0.25, -0.2) is 0 Å². The van der Waals surface area contributed by atoms with Crippen molar-refractivity contribution in [3.8, 4) is 0 Å². The maximum atomic E-state index is 6.04. The molecule has 0 aliphatic heterocycles. The summed E-state index contributed by atoms with van der Waals surface area (Å²) >= 11 is 1.75. The van der Waals surface area contributed by atoms with Crippen molar-refractivity contribution in [2.75, 3.05) is 32.2 Å². The van der Waals surface area contributed by atoms with Gasteiger partial charge in [0.05, 0.1) is 11.8 Å². The lowest BCUT2D eigenvalue weighted by molar-refractivity contribution is 0.343. The topological polar surface area (TPSA) is 54.4 Å². The van der Waals surface area contributed by atoms with Gasteiger partial charge in [-0.3, -0.25) is 0 Å². The zero-order valence-corrected chi connectivity index (χ0v) is 15.3. The van der Waals surface area contributed by atoms with Crippen molar-refractivity contribution in [1.82, 2.24) is 9.88 Å². The van der Waals surface area contributed by atoms with E-state index in [0.717, 1.165) is 41.3 Å². The Bertz CT molecular complexity index is 810. The van der Waals surface area contributed by atoms with Crippen LogP contribution in [0.1, 0.15) is 29.3 Å². The molecule has 1 N–H and O–H groups in total. The van der Waals surface area contributed by atoms with Gasteiger partial charge in [0.25, 0.3) is 6.01 Å². The van der Waals surface area contributed by atoms with Gasteiger partial charge in [-0.2, -0.15) is 4.98 Å². The van der Waals surface area contributed by atoms with E-state index >= 15 is 0 Å². The van der Waals surface area contributed by atoms with Crippen LogP contribution >= 0.6 is 11.8 Å². The van der Waals surface area contributed by atoms with E-state index in [1.54, 1.807) is 11.8 Å². The van der Waals surface area contributed by atoms with E-state index in [4.69, 9.17) is 8.83 Å². The minimum atomic E-state index is 0.137. The second-order valence-electron chi connectivity index (χ2n) is 5.93. The number of rotatable bonds is 7. The van der Waals surface area contributed by atoms with Gasteiger partial charge in [-0.05, 0) is 57.1 Å². The fraction of sp³-hybridized carbons (Fsp3) is 0.389. The highest BCUT2D eigenvalue weighted by molar-refractivity contribution is 7.99. The molecule has 24 heavy (non-hydrogen) atoms. The van der Waals surface area contributed by atoms with Crippen LogP contribution in [-0.4, -0.2) is 36.8 Å². The summed E-state index contributed by atoms with van der Waals surface area (Å²) in [6, 6.07) is 10.8. The molecule has 0 fully saturated rings. The van der Waals surface area contributed by atoms with Crippen molar-refractivity contribution in [3.63, 3.8) is 0 Å². The monoisotopic (exact) mass is 345 g/mol. The first-order chi connectivity index (χ1) is 11.6. The number of thioether (sulfide) groups is 1. The number of benzene rings is 1. The predicted octanol–water partition coefficient (Wildman–Crippen LogP) is 4.37. The second kappa shape index (κ2) is 7.32. The molecule has 5 nitrogen and oxygen atoms in total. The Kier molecular flexibility index (Phi) is 5.16. The number of hydrogen-bond acceptors (Lipinski definition) is 6. The molecule has 128 valence electrons. The van der Waals surface area contributed by atoms with E-state index in [-0.39, 0.29) is 5.25 Å². The minimum Gasteiger partial charge on any atom is -0.463 e. The number of aromatic nitrogens is 1. The Morgan fingerprint density at radius 2 is 2.04 bits per heavy atom. The van der Waals surface area contributed by atoms with Gasteiger partial charge in [-0.1, -0.05) is 6.07 Å². The van der Waals surface area contributed by atoms with Crippen LogP contribution in [0.25, 0.3) is 11.1 Å². The van der Waals surface area contributed by atoms with E-state index in [0.29, 0.717) is 6.01 Å². The highest BCUT2D eigenvalue weighted by Crippen LogP contribution is 2.36. The third-order valence-corrected chi connectivity index (χ3v) is 4.67. The average molecular weight is 345 g/mol. The van der Waals surface area contributed by atoms with Crippen LogP contribution in [0.4, 0.5) is 6.01 Å². The van der Waals surface area contributed by atoms with Crippen molar-refractivity contribution < 1.29 is 8.83 Å². The van der Waals surface area contributed by atoms with Crippen molar-refractivity contribution in [2.45, 2.75) is 18.7 Å². The maximum Gasteiger partial charge on any atom is 0.295 e. The number of fused-ring (bicyclic) bond motifs is 1. The van der Waals surface area contributed by atoms with Gasteiger partial charge < -0.3 is 19.1 Å². The lowest BCUT2D eigenvalue weighted by Gasteiger charge is -2.12. The number of oxazole rings is 1. The van der Waals surface area contributed by atoms with E-state index in [2.05, 4.69) is 45.7 Å². The molecule has 1 aromatic carbocycles. The van der Waals surface area contributed by atoms with Crippen LogP contribution in [0.3, 0.4) is 0 Å². The first-order valence-electron chi connectivity index (χ1n) is 8.01. The number of furan rings is 1. The summed E-state index contributed by atoms with van der Waals surface area (Å²) in [5.41, 5.74) is 2.81. The number of nitrogens with one attached hydrogen (secondary N) is 1. The van der Waals surface area contributed by atoms with E-state index in [1.165, 1.54) is 0 Å². The summed E-state index contributed by atoms with van der Waals surface area (Å²) in [4.78, 5) is 6.52. The third kappa shape index (κ3) is 3.60. The summed E-state index contributed by atoms with van der Waals surface area (Å²) in [5.74, 6) is 1.94. The molecule has 6 heteroatoms. The number of anilines is 1. The average Bonchev–Trinajstić information content (AvgIpc) is 3.14. The molecule has 0 amide bonds. The molecule has 3 aromatic rings. The Balaban J connectivity index is 1.89. The normalized spacial score (nSPS) is 12.9. The lowest BCUT2D eigenvalue weighted by atomic mass is 10.1. The molecule has 1 atom stereocenters. The van der Waals surface area contributed by atoms with Gasteiger partial charge in [0.2, 0.25) is 0 Å². The smallest absolute Gasteiger partial charge is 0.295 e. The largest absolute Gasteiger partial charge is 0.463 e. The van der Waals surface area contributed by atoms with Crippen molar-refractivity contribution in [2.24, 2.45) is 0 Å². The minimum absolute atomic E-state index is 0.137. The van der Waals surface area contributed by atoms with Crippen LogP contribution in [0.5, 0.6) is 0 Å². The fourth-order valence-electron chi connectivity index (χ4n) is 2.68. The summed E-state index contributed by atoms with van der Waals surface area (Å²) in [7, 11) is 4.07. The first-order valence-corrected chi connectivity index (χ1v) is 9.30. The van der Waals surface area contributed by atoms with Crippen LogP contribution in [0, 0.1) is 0 Å². The molecule has 0 radical (unpaired) electrons. The van der Waals surface area contributed by atoms with Crippen molar-refractivity contribution in [1.29, 1.82) is 0 Å². The van der Waals surface area contributed by atoms with Crippen LogP contribution in [0.15, 0.2) is 39.2 Å². The van der Waals surface area contributed by atoms with Gasteiger partial charge in [0.1, 0.15) is 17.0 Å². The van der Waals surface area contributed by atoms with Gasteiger partial charge >= 0.3 is 0 Å². The number of hydrogen-bond donors (Lipinski definition) is 1. The molecule has 2 aromatic heterocycles. The highest BCUT2D eigenvalue weighted by atomic mass is 32.2. The zero-order valence-electron chi connectivity index (χ0n) is 14.5. The van der Waals surface area contributed by atoms with Gasteiger partial charge in [-0.15, -0.1) is 11.8 Å². The summed E-state index contributed by atoms with van der Waals surface area (Å²) < 4.78 is 11.8. The summed E-state index contributed by atoms with van der Waals surface area (Å²) in [5, 5.41) is 3.24. The second-order valence-corrected chi connectivity index (χ2v) is 6.88. The molecular formula is C18H23N3O2S. The van der Waals surface area contributed by atoms with Crippen LogP contribution in [-0.2, 0) is 6.54 Å². The SMILES string of the molecule is CCNc1nc2ccc(C(SC)c3ccc(CN(C)C)o3)cc2o1. The van der Waals surface area contributed by atoms with Crippen molar-refractivity contribution >= 4 is 28.9 Å². The molecule has 0 bridgehead atoms. The Morgan fingerprint density at radius 3 is 2.75 bits per heavy atom. The summed E-state index contributed by atoms with van der Waals surface area (Å²) in [6.45, 7) is 3.61. The third-order valence-electron chi connectivity index (χ3n) is 3.69. The fourth-order valence-corrected chi connectivity index (χ4v) is 3.46. The lowest BCUT2D eigenvalue weighted by Crippen LogP contribution is -2.09. The maximum absolute atomic E-state index is 6.04. The molecular weight excluding hydrogens is 322 g/mol. The Labute approximate surface area is 146 Å².